The van der Waals surface area contributed by atoms with Gasteiger partial charge in [-0.1, -0.05) is 6.07 Å². The van der Waals surface area contributed by atoms with Crippen LogP contribution in [0.3, 0.4) is 0 Å². The van der Waals surface area contributed by atoms with Crippen molar-refractivity contribution in [1.82, 2.24) is 0 Å². The SMILES string of the molecule is COc1ccc(OC)c2c1O[C@]1(CCc3cc4c(c(OC)c3O1)C(=O)OC(C(=O)OC(C)C)C4)C2=O. The first-order chi connectivity index (χ1) is 17.2. The molecule has 3 heterocycles. The molecule has 0 amide bonds. The minimum absolute atomic E-state index is 0.119. The zero-order chi connectivity index (χ0) is 25.8. The van der Waals surface area contributed by atoms with Crippen LogP contribution in [0.5, 0.6) is 28.7 Å². The van der Waals surface area contributed by atoms with Crippen LogP contribution in [-0.4, -0.2) is 57.0 Å². The zero-order valence-corrected chi connectivity index (χ0v) is 20.6. The van der Waals surface area contributed by atoms with Gasteiger partial charge in [0.2, 0.25) is 6.10 Å². The number of esters is 2. The molecule has 0 saturated heterocycles. The van der Waals surface area contributed by atoms with Crippen LogP contribution in [0.1, 0.15) is 52.1 Å². The highest BCUT2D eigenvalue weighted by Crippen LogP contribution is 2.52. The molecule has 0 fully saturated rings. The largest absolute Gasteiger partial charge is 0.496 e. The number of cyclic esters (lactones) is 1. The average molecular weight is 498 g/mol. The Morgan fingerprint density at radius 1 is 0.972 bits per heavy atom. The molecule has 190 valence electrons. The first-order valence-corrected chi connectivity index (χ1v) is 11.5. The Hall–Kier alpha value is -3.95. The summed E-state index contributed by atoms with van der Waals surface area (Å²) in [5.41, 5.74) is 1.66. The van der Waals surface area contributed by atoms with Gasteiger partial charge in [-0.25, -0.2) is 9.59 Å². The molecule has 0 aliphatic carbocycles. The molecular weight excluding hydrogens is 472 g/mol. The quantitative estimate of drug-likeness (QED) is 0.570. The van der Waals surface area contributed by atoms with Crippen molar-refractivity contribution in [3.05, 3.63) is 40.5 Å². The maximum atomic E-state index is 13.6. The Kier molecular flexibility index (Phi) is 5.69. The van der Waals surface area contributed by atoms with Crippen molar-refractivity contribution in [3.8, 4) is 28.7 Å². The molecule has 10 nitrogen and oxygen atoms in total. The van der Waals surface area contributed by atoms with Crippen LogP contribution < -0.4 is 23.7 Å². The number of aryl methyl sites for hydroxylation is 1. The lowest BCUT2D eigenvalue weighted by molar-refractivity contribution is -0.158. The molecular formula is C26H26O10. The second-order valence-electron chi connectivity index (χ2n) is 8.98. The van der Waals surface area contributed by atoms with Gasteiger partial charge in [-0.05, 0) is 43.5 Å². The molecule has 1 unspecified atom stereocenters. The number of carbonyl (C=O) groups excluding carboxylic acids is 3. The predicted molar refractivity (Wildman–Crippen MR) is 123 cm³/mol. The number of ether oxygens (including phenoxy) is 7. The molecule has 0 N–H and O–H groups in total. The fourth-order valence-electron chi connectivity index (χ4n) is 4.84. The zero-order valence-electron chi connectivity index (χ0n) is 20.6. The number of methoxy groups -OCH3 is 3. The average Bonchev–Trinajstić information content (AvgIpc) is 3.13. The molecule has 3 aliphatic heterocycles. The van der Waals surface area contributed by atoms with E-state index < -0.39 is 29.6 Å². The molecule has 0 radical (unpaired) electrons. The van der Waals surface area contributed by atoms with Crippen LogP contribution in [0.4, 0.5) is 0 Å². The van der Waals surface area contributed by atoms with Gasteiger partial charge >= 0.3 is 17.7 Å². The van der Waals surface area contributed by atoms with E-state index in [4.69, 9.17) is 33.2 Å². The van der Waals surface area contributed by atoms with Gasteiger partial charge in [-0.15, -0.1) is 0 Å². The second kappa shape index (κ2) is 8.61. The van der Waals surface area contributed by atoms with Gasteiger partial charge in [0.15, 0.2) is 23.0 Å². The lowest BCUT2D eigenvalue weighted by atomic mass is 9.89. The smallest absolute Gasteiger partial charge is 0.348 e. The molecule has 36 heavy (non-hydrogen) atoms. The van der Waals surface area contributed by atoms with Crippen molar-refractivity contribution in [2.45, 2.75) is 51.1 Å². The van der Waals surface area contributed by atoms with E-state index in [2.05, 4.69) is 0 Å². The predicted octanol–water partition coefficient (Wildman–Crippen LogP) is 3.04. The summed E-state index contributed by atoms with van der Waals surface area (Å²) < 4.78 is 39.3. The monoisotopic (exact) mass is 498 g/mol. The molecule has 10 heteroatoms. The summed E-state index contributed by atoms with van der Waals surface area (Å²) in [6.45, 7) is 3.44. The van der Waals surface area contributed by atoms with Gasteiger partial charge in [0.05, 0.1) is 27.4 Å². The molecule has 0 aromatic heterocycles. The van der Waals surface area contributed by atoms with Crippen molar-refractivity contribution in [3.63, 3.8) is 0 Å². The van der Waals surface area contributed by atoms with E-state index in [-0.39, 0.29) is 47.3 Å². The van der Waals surface area contributed by atoms with E-state index in [0.717, 1.165) is 0 Å². The summed E-state index contributed by atoms with van der Waals surface area (Å²) in [5, 5.41) is 0. The standard InChI is InChI=1S/C26H26O10/c1-12(2)33-24(28)17-11-14-10-13-8-9-26(35-20(13)22(32-5)18(14)25(29)34-17)23(27)19-15(30-3)6-7-16(31-4)21(19)36-26/h6-7,10,12,17H,8-9,11H2,1-5H3/t17?,26-/m1/s1. The third-order valence-corrected chi connectivity index (χ3v) is 6.43. The van der Waals surface area contributed by atoms with Crippen molar-refractivity contribution >= 4 is 17.7 Å². The lowest BCUT2D eigenvalue weighted by Crippen LogP contribution is -2.49. The van der Waals surface area contributed by atoms with Crippen LogP contribution in [-0.2, 0) is 27.1 Å². The number of hydrogen-bond acceptors (Lipinski definition) is 10. The van der Waals surface area contributed by atoms with E-state index in [1.807, 2.05) is 0 Å². The number of ketones is 1. The summed E-state index contributed by atoms with van der Waals surface area (Å²) >= 11 is 0. The number of carbonyl (C=O) groups is 3. The van der Waals surface area contributed by atoms with Crippen molar-refractivity contribution < 1.29 is 47.5 Å². The van der Waals surface area contributed by atoms with Gasteiger partial charge < -0.3 is 33.2 Å². The van der Waals surface area contributed by atoms with Crippen molar-refractivity contribution in [2.75, 3.05) is 21.3 Å². The molecule has 2 atom stereocenters. The molecule has 5 rings (SSSR count). The fraction of sp³-hybridized carbons (Fsp3) is 0.423. The normalized spacial score (nSPS) is 21.6. The van der Waals surface area contributed by atoms with Gasteiger partial charge in [0, 0.05) is 12.8 Å². The van der Waals surface area contributed by atoms with Gasteiger partial charge in [0.1, 0.15) is 16.9 Å². The lowest BCUT2D eigenvalue weighted by Gasteiger charge is -2.35. The van der Waals surface area contributed by atoms with Gasteiger partial charge in [-0.2, -0.15) is 0 Å². The fourth-order valence-corrected chi connectivity index (χ4v) is 4.84. The van der Waals surface area contributed by atoms with Crippen molar-refractivity contribution in [2.24, 2.45) is 0 Å². The number of hydrogen-bond donors (Lipinski definition) is 0. The summed E-state index contributed by atoms with van der Waals surface area (Å²) in [4.78, 5) is 39.0. The summed E-state index contributed by atoms with van der Waals surface area (Å²) in [5.74, 6) is -2.19. The van der Waals surface area contributed by atoms with E-state index in [0.29, 0.717) is 29.0 Å². The van der Waals surface area contributed by atoms with Crippen LogP contribution in [0.2, 0.25) is 0 Å². The molecule has 2 aromatic carbocycles. The Bertz CT molecular complexity index is 1280. The topological polar surface area (TPSA) is 116 Å². The van der Waals surface area contributed by atoms with Gasteiger partial charge in [-0.3, -0.25) is 4.79 Å². The highest BCUT2D eigenvalue weighted by molar-refractivity contribution is 6.10. The van der Waals surface area contributed by atoms with Gasteiger partial charge in [0.25, 0.3) is 5.78 Å². The van der Waals surface area contributed by atoms with E-state index in [1.165, 1.54) is 21.3 Å². The Balaban J connectivity index is 1.54. The second-order valence-corrected chi connectivity index (χ2v) is 8.98. The first kappa shape index (κ1) is 23.8. The third kappa shape index (κ3) is 3.51. The summed E-state index contributed by atoms with van der Waals surface area (Å²) in [6.07, 6.45) is -0.674. The number of Topliss-reactive ketones (excluding diaryl/α,β-unsaturated/α-hetero) is 1. The van der Waals surface area contributed by atoms with Crippen LogP contribution in [0.15, 0.2) is 18.2 Å². The molecule has 1 spiro atoms. The number of rotatable bonds is 5. The molecule has 0 bridgehead atoms. The molecule has 0 saturated carbocycles. The minimum Gasteiger partial charge on any atom is -0.496 e. The first-order valence-electron chi connectivity index (χ1n) is 11.5. The molecule has 2 aromatic rings. The Labute approximate surface area is 207 Å². The summed E-state index contributed by atoms with van der Waals surface area (Å²) in [7, 11) is 4.33. The van der Waals surface area contributed by atoms with E-state index in [1.54, 1.807) is 32.0 Å². The number of benzene rings is 2. The highest BCUT2D eigenvalue weighted by Gasteiger charge is 2.56. The maximum absolute atomic E-state index is 13.6. The van der Waals surface area contributed by atoms with Crippen LogP contribution in [0, 0.1) is 0 Å². The summed E-state index contributed by atoms with van der Waals surface area (Å²) in [6, 6.07) is 5.06. The Morgan fingerprint density at radius 3 is 2.33 bits per heavy atom. The third-order valence-electron chi connectivity index (χ3n) is 6.43. The maximum Gasteiger partial charge on any atom is 0.348 e. The molecule has 3 aliphatic rings. The minimum atomic E-state index is -1.68. The Morgan fingerprint density at radius 2 is 1.67 bits per heavy atom. The van der Waals surface area contributed by atoms with E-state index >= 15 is 0 Å². The van der Waals surface area contributed by atoms with Crippen LogP contribution in [0.25, 0.3) is 0 Å². The highest BCUT2D eigenvalue weighted by atomic mass is 16.7. The van der Waals surface area contributed by atoms with Crippen LogP contribution >= 0.6 is 0 Å². The van der Waals surface area contributed by atoms with E-state index in [9.17, 15) is 14.4 Å². The van der Waals surface area contributed by atoms with Crippen molar-refractivity contribution in [1.29, 1.82) is 0 Å². The number of fused-ring (bicyclic) bond motifs is 3.